The Kier molecular flexibility index (Phi) is 6.83. The van der Waals surface area contributed by atoms with Crippen LogP contribution in [-0.2, 0) is 22.4 Å². The number of rotatable bonds is 7. The Morgan fingerprint density at radius 3 is 2.63 bits per heavy atom. The normalized spacial score (nSPS) is 12.5. The number of thiophene rings is 1. The Labute approximate surface area is 124 Å². The maximum atomic E-state index is 12.1. The maximum absolute atomic E-state index is 12.1. The summed E-state index contributed by atoms with van der Waals surface area (Å²) in [6.45, 7) is 6.71. The van der Waals surface area contributed by atoms with E-state index >= 15 is 0 Å². The van der Waals surface area contributed by atoms with E-state index in [2.05, 4.69) is 19.2 Å². The number of hydrogen-bond acceptors (Lipinski definition) is 3. The lowest BCUT2D eigenvalue weighted by atomic mass is 10.1. The number of carbonyl (C=O) groups is 1. The van der Waals surface area contributed by atoms with Crippen molar-refractivity contribution in [2.24, 2.45) is 0 Å². The van der Waals surface area contributed by atoms with Gasteiger partial charge in [-0.15, -0.1) is 22.9 Å². The molecule has 1 aromatic rings. The van der Waals surface area contributed by atoms with E-state index < -0.39 is 0 Å². The average Bonchev–Trinajstić information content (AvgIpc) is 2.86. The van der Waals surface area contributed by atoms with Crippen LogP contribution in [0.2, 0.25) is 0 Å². The molecule has 5 heteroatoms. The minimum Gasteiger partial charge on any atom is -0.380 e. The molecule has 0 aromatic carbocycles. The Balaban J connectivity index is 3.15. The smallest absolute Gasteiger partial charge is 0.242 e. The zero-order chi connectivity index (χ0) is 14.4. The second-order valence-corrected chi connectivity index (χ2v) is 5.66. The van der Waals surface area contributed by atoms with E-state index in [9.17, 15) is 4.79 Å². The van der Waals surface area contributed by atoms with Crippen LogP contribution in [0, 0.1) is 0 Å². The number of hydrogen-bond donors (Lipinski definition) is 0. The fourth-order valence-corrected chi connectivity index (χ4v) is 3.21. The summed E-state index contributed by atoms with van der Waals surface area (Å²) in [6.07, 6.45) is 1.83. The van der Waals surface area contributed by atoms with Crippen LogP contribution in [-0.4, -0.2) is 31.5 Å². The van der Waals surface area contributed by atoms with E-state index in [1.54, 1.807) is 23.3 Å². The first kappa shape index (κ1) is 16.5. The van der Waals surface area contributed by atoms with Gasteiger partial charge in [0.2, 0.25) is 5.91 Å². The van der Waals surface area contributed by atoms with Crippen LogP contribution < -0.4 is 4.90 Å². The third kappa shape index (κ3) is 3.94. The van der Waals surface area contributed by atoms with Gasteiger partial charge in [0.1, 0.15) is 5.88 Å². The summed E-state index contributed by atoms with van der Waals surface area (Å²) in [5.74, 6) is -0.0631. The van der Waals surface area contributed by atoms with Crippen molar-refractivity contribution < 1.29 is 9.53 Å². The van der Waals surface area contributed by atoms with E-state index in [1.165, 1.54) is 10.4 Å². The predicted octanol–water partition coefficient (Wildman–Crippen LogP) is 3.48. The van der Waals surface area contributed by atoms with Crippen molar-refractivity contribution in [3.63, 3.8) is 0 Å². The number of amides is 1. The number of carbonyl (C=O) groups excluding carboxylic acids is 1. The standard InChI is InChI=1S/C14H22ClNO2S/c1-5-11-9-19-12(6-2)14(11)16(13(17)7-15)8-10(3)18-4/h9-10H,5-8H2,1-4H3. The highest BCUT2D eigenvalue weighted by Gasteiger charge is 2.23. The van der Waals surface area contributed by atoms with Crippen molar-refractivity contribution in [1.29, 1.82) is 0 Å². The van der Waals surface area contributed by atoms with Gasteiger partial charge in [-0.2, -0.15) is 0 Å². The van der Waals surface area contributed by atoms with Gasteiger partial charge in [-0.05, 0) is 30.7 Å². The highest BCUT2D eigenvalue weighted by molar-refractivity contribution is 7.10. The maximum Gasteiger partial charge on any atom is 0.242 e. The third-order valence-electron chi connectivity index (χ3n) is 3.14. The first-order valence-corrected chi connectivity index (χ1v) is 7.98. The van der Waals surface area contributed by atoms with Crippen LogP contribution >= 0.6 is 22.9 Å². The second kappa shape index (κ2) is 7.88. The van der Waals surface area contributed by atoms with Gasteiger partial charge in [0.15, 0.2) is 0 Å². The second-order valence-electron chi connectivity index (χ2n) is 4.42. The van der Waals surface area contributed by atoms with Gasteiger partial charge >= 0.3 is 0 Å². The van der Waals surface area contributed by atoms with E-state index in [0.717, 1.165) is 18.5 Å². The molecule has 0 aliphatic heterocycles. The number of nitrogens with zero attached hydrogens (tertiary/aromatic N) is 1. The number of aryl methyl sites for hydroxylation is 2. The van der Waals surface area contributed by atoms with Crippen molar-refractivity contribution >= 4 is 34.5 Å². The van der Waals surface area contributed by atoms with Crippen LogP contribution in [0.15, 0.2) is 5.38 Å². The summed E-state index contributed by atoms with van der Waals surface area (Å²) in [6, 6.07) is 0. The molecule has 0 saturated heterocycles. The predicted molar refractivity (Wildman–Crippen MR) is 82.6 cm³/mol. The van der Waals surface area contributed by atoms with Gasteiger partial charge in [0.25, 0.3) is 0 Å². The van der Waals surface area contributed by atoms with Gasteiger partial charge in [0.05, 0.1) is 18.3 Å². The summed E-state index contributed by atoms with van der Waals surface area (Å²) in [4.78, 5) is 15.2. The summed E-state index contributed by atoms with van der Waals surface area (Å²) >= 11 is 7.47. The first-order valence-electron chi connectivity index (χ1n) is 6.57. The lowest BCUT2D eigenvalue weighted by molar-refractivity contribution is -0.116. The SMILES string of the molecule is CCc1csc(CC)c1N(CC(C)OC)C(=O)CCl. The van der Waals surface area contributed by atoms with Crippen molar-refractivity contribution in [3.05, 3.63) is 15.8 Å². The Hall–Kier alpha value is -0.580. The molecule has 0 aliphatic carbocycles. The van der Waals surface area contributed by atoms with Crippen molar-refractivity contribution in [2.45, 2.75) is 39.7 Å². The molecule has 0 bridgehead atoms. The number of ether oxygens (including phenoxy) is 1. The fourth-order valence-electron chi connectivity index (χ4n) is 1.98. The number of methoxy groups -OCH3 is 1. The van der Waals surface area contributed by atoms with Gasteiger partial charge in [-0.1, -0.05) is 13.8 Å². The van der Waals surface area contributed by atoms with Gasteiger partial charge in [-0.25, -0.2) is 0 Å². The Morgan fingerprint density at radius 2 is 2.16 bits per heavy atom. The van der Waals surface area contributed by atoms with Crippen molar-refractivity contribution in [1.82, 2.24) is 0 Å². The first-order chi connectivity index (χ1) is 9.08. The van der Waals surface area contributed by atoms with E-state index in [1.807, 2.05) is 6.92 Å². The molecular formula is C14H22ClNO2S. The van der Waals surface area contributed by atoms with E-state index in [0.29, 0.717) is 6.54 Å². The van der Waals surface area contributed by atoms with Gasteiger partial charge < -0.3 is 9.64 Å². The minimum absolute atomic E-state index is 0.00140. The van der Waals surface area contributed by atoms with Crippen LogP contribution in [0.4, 0.5) is 5.69 Å². The van der Waals surface area contributed by atoms with Crippen LogP contribution in [0.1, 0.15) is 31.2 Å². The van der Waals surface area contributed by atoms with Crippen LogP contribution in [0.5, 0.6) is 0 Å². The molecule has 19 heavy (non-hydrogen) atoms. The molecule has 0 fully saturated rings. The van der Waals surface area contributed by atoms with Gasteiger partial charge in [0, 0.05) is 12.0 Å². The average molecular weight is 304 g/mol. The van der Waals surface area contributed by atoms with Crippen molar-refractivity contribution in [2.75, 3.05) is 24.4 Å². The molecule has 0 aliphatic rings. The monoisotopic (exact) mass is 303 g/mol. The lowest BCUT2D eigenvalue weighted by Crippen LogP contribution is -2.38. The molecule has 3 nitrogen and oxygen atoms in total. The Morgan fingerprint density at radius 1 is 1.47 bits per heavy atom. The molecule has 1 unspecified atom stereocenters. The summed E-state index contributed by atoms with van der Waals surface area (Å²) in [5.41, 5.74) is 2.26. The molecule has 0 N–H and O–H groups in total. The Bertz CT molecular complexity index is 398. The van der Waals surface area contributed by atoms with E-state index in [-0.39, 0.29) is 17.9 Å². The molecule has 1 heterocycles. The van der Waals surface area contributed by atoms with Crippen molar-refractivity contribution in [3.8, 4) is 0 Å². The van der Waals surface area contributed by atoms with Gasteiger partial charge in [-0.3, -0.25) is 4.79 Å². The quantitative estimate of drug-likeness (QED) is 0.722. The molecule has 1 atom stereocenters. The largest absolute Gasteiger partial charge is 0.380 e. The van der Waals surface area contributed by atoms with Crippen LogP contribution in [0.3, 0.4) is 0 Å². The zero-order valence-corrected chi connectivity index (χ0v) is 13.6. The number of anilines is 1. The lowest BCUT2D eigenvalue weighted by Gasteiger charge is -2.26. The molecule has 0 saturated carbocycles. The van der Waals surface area contributed by atoms with E-state index in [4.69, 9.17) is 16.3 Å². The summed E-state index contributed by atoms with van der Waals surface area (Å²) in [5, 5.41) is 2.14. The minimum atomic E-state index is -0.0617. The van der Waals surface area contributed by atoms with Crippen LogP contribution in [0.25, 0.3) is 0 Å². The molecular weight excluding hydrogens is 282 g/mol. The molecule has 1 aromatic heterocycles. The third-order valence-corrected chi connectivity index (χ3v) is 4.54. The molecule has 1 amide bonds. The summed E-state index contributed by atoms with van der Waals surface area (Å²) < 4.78 is 5.29. The number of alkyl halides is 1. The number of halogens is 1. The molecule has 108 valence electrons. The fraction of sp³-hybridized carbons (Fsp3) is 0.643. The summed E-state index contributed by atoms with van der Waals surface area (Å²) in [7, 11) is 1.66. The topological polar surface area (TPSA) is 29.5 Å². The zero-order valence-electron chi connectivity index (χ0n) is 12.0. The molecule has 1 rings (SSSR count). The highest BCUT2D eigenvalue weighted by Crippen LogP contribution is 2.33. The molecule has 0 spiro atoms. The highest BCUT2D eigenvalue weighted by atomic mass is 35.5. The molecule has 0 radical (unpaired) electrons.